The van der Waals surface area contributed by atoms with Crippen LogP contribution >= 0.6 is 0 Å². The number of benzene rings is 1. The van der Waals surface area contributed by atoms with Crippen molar-refractivity contribution in [2.24, 2.45) is 5.73 Å². The molecule has 0 spiro atoms. The number of nitrogens with two attached hydrogens (primary N) is 1. The largest absolute Gasteiger partial charge is 0.330 e. The van der Waals surface area contributed by atoms with Gasteiger partial charge < -0.3 is 5.73 Å². The second kappa shape index (κ2) is 6.55. The van der Waals surface area contributed by atoms with E-state index in [1.54, 1.807) is 12.1 Å². The van der Waals surface area contributed by atoms with Crippen LogP contribution in [0.4, 0.5) is 4.39 Å². The quantitative estimate of drug-likeness (QED) is 0.671. The molecule has 12 heavy (non-hydrogen) atoms. The number of hydrogen-bond acceptors (Lipinski definition) is 1. The molecule has 0 radical (unpaired) electrons. The summed E-state index contributed by atoms with van der Waals surface area (Å²) in [4.78, 5) is 0. The maximum Gasteiger partial charge on any atom is 0.123 e. The van der Waals surface area contributed by atoms with Gasteiger partial charge in [-0.3, -0.25) is 0 Å². The molecular formula is C10H14FN. The van der Waals surface area contributed by atoms with E-state index >= 15 is 0 Å². The SMILES string of the molecule is C=C.NCCc1ccc(F)cc1. The van der Waals surface area contributed by atoms with Gasteiger partial charge in [0.2, 0.25) is 0 Å². The van der Waals surface area contributed by atoms with E-state index in [9.17, 15) is 4.39 Å². The predicted octanol–water partition coefficient (Wildman–Crippen LogP) is 2.13. The third-order valence-corrected chi connectivity index (χ3v) is 1.35. The number of halogens is 1. The maximum atomic E-state index is 12.3. The first-order valence-corrected chi connectivity index (χ1v) is 3.77. The van der Waals surface area contributed by atoms with Gasteiger partial charge in [0.05, 0.1) is 0 Å². The van der Waals surface area contributed by atoms with Crippen molar-refractivity contribution in [3.8, 4) is 0 Å². The molecule has 0 bridgehead atoms. The Kier molecular flexibility index (Phi) is 5.93. The molecule has 66 valence electrons. The van der Waals surface area contributed by atoms with E-state index in [4.69, 9.17) is 5.73 Å². The van der Waals surface area contributed by atoms with Crippen molar-refractivity contribution in [2.75, 3.05) is 6.54 Å². The highest BCUT2D eigenvalue weighted by Crippen LogP contribution is 2.01. The fourth-order valence-corrected chi connectivity index (χ4v) is 0.818. The van der Waals surface area contributed by atoms with Crippen molar-refractivity contribution < 1.29 is 4.39 Å². The van der Waals surface area contributed by atoms with Gasteiger partial charge >= 0.3 is 0 Å². The normalized spacial score (nSPS) is 8.50. The minimum atomic E-state index is -0.194. The molecule has 1 rings (SSSR count). The molecule has 1 aromatic rings. The van der Waals surface area contributed by atoms with Gasteiger partial charge in [0.25, 0.3) is 0 Å². The fourth-order valence-electron chi connectivity index (χ4n) is 0.818. The summed E-state index contributed by atoms with van der Waals surface area (Å²) < 4.78 is 12.3. The molecule has 0 saturated carbocycles. The summed E-state index contributed by atoms with van der Waals surface area (Å²) in [7, 11) is 0. The lowest BCUT2D eigenvalue weighted by Crippen LogP contribution is -2.02. The number of hydrogen-bond donors (Lipinski definition) is 1. The zero-order valence-electron chi connectivity index (χ0n) is 7.09. The molecule has 0 aliphatic carbocycles. The summed E-state index contributed by atoms with van der Waals surface area (Å²) in [5, 5.41) is 0. The molecule has 2 heteroatoms. The highest BCUT2D eigenvalue weighted by molar-refractivity contribution is 5.16. The van der Waals surface area contributed by atoms with Gasteiger partial charge in [0.15, 0.2) is 0 Å². The molecule has 1 aromatic carbocycles. The number of rotatable bonds is 2. The van der Waals surface area contributed by atoms with Crippen molar-refractivity contribution in [3.63, 3.8) is 0 Å². The van der Waals surface area contributed by atoms with Crippen LogP contribution in [0.1, 0.15) is 5.56 Å². The van der Waals surface area contributed by atoms with Crippen LogP contribution < -0.4 is 5.73 Å². The fraction of sp³-hybridized carbons (Fsp3) is 0.200. The second-order valence-corrected chi connectivity index (χ2v) is 2.17. The summed E-state index contributed by atoms with van der Waals surface area (Å²) in [5.74, 6) is -0.194. The first-order valence-electron chi connectivity index (χ1n) is 3.77. The van der Waals surface area contributed by atoms with E-state index in [2.05, 4.69) is 13.2 Å². The Morgan fingerprint density at radius 1 is 1.17 bits per heavy atom. The van der Waals surface area contributed by atoms with E-state index < -0.39 is 0 Å². The molecule has 2 N–H and O–H groups in total. The third-order valence-electron chi connectivity index (χ3n) is 1.35. The molecule has 0 aliphatic rings. The summed E-state index contributed by atoms with van der Waals surface area (Å²) in [5.41, 5.74) is 6.39. The molecule has 0 atom stereocenters. The summed E-state index contributed by atoms with van der Waals surface area (Å²) in [6.45, 7) is 6.62. The Labute approximate surface area is 72.7 Å². The highest BCUT2D eigenvalue weighted by atomic mass is 19.1. The summed E-state index contributed by atoms with van der Waals surface area (Å²) in [6, 6.07) is 6.40. The lowest BCUT2D eigenvalue weighted by molar-refractivity contribution is 0.627. The van der Waals surface area contributed by atoms with Gasteiger partial charge in [-0.25, -0.2) is 4.39 Å². The molecule has 0 aromatic heterocycles. The average molecular weight is 167 g/mol. The van der Waals surface area contributed by atoms with Crippen molar-refractivity contribution in [1.29, 1.82) is 0 Å². The average Bonchev–Trinajstić information content (AvgIpc) is 2.13. The van der Waals surface area contributed by atoms with E-state index in [1.807, 2.05) is 0 Å². The lowest BCUT2D eigenvalue weighted by atomic mass is 10.1. The van der Waals surface area contributed by atoms with Crippen LogP contribution in [0, 0.1) is 5.82 Å². The van der Waals surface area contributed by atoms with Crippen molar-refractivity contribution in [3.05, 3.63) is 48.8 Å². The third kappa shape index (κ3) is 3.88. The first-order chi connectivity index (χ1) is 5.83. The molecule has 0 saturated heterocycles. The molecule has 1 nitrogen and oxygen atoms in total. The van der Waals surface area contributed by atoms with Gasteiger partial charge in [-0.1, -0.05) is 12.1 Å². The molecular weight excluding hydrogens is 153 g/mol. The topological polar surface area (TPSA) is 26.0 Å². The molecule has 0 fully saturated rings. The van der Waals surface area contributed by atoms with Crippen molar-refractivity contribution in [1.82, 2.24) is 0 Å². The zero-order valence-corrected chi connectivity index (χ0v) is 7.09. The van der Waals surface area contributed by atoms with Crippen LogP contribution in [0.2, 0.25) is 0 Å². The Balaban J connectivity index is 0.000000561. The smallest absolute Gasteiger partial charge is 0.123 e. The van der Waals surface area contributed by atoms with Gasteiger partial charge in [0, 0.05) is 0 Å². The summed E-state index contributed by atoms with van der Waals surface area (Å²) in [6.07, 6.45) is 0.820. The van der Waals surface area contributed by atoms with Crippen molar-refractivity contribution >= 4 is 0 Å². The Hall–Kier alpha value is -1.15. The minimum absolute atomic E-state index is 0.194. The van der Waals surface area contributed by atoms with Crippen molar-refractivity contribution in [2.45, 2.75) is 6.42 Å². The standard InChI is InChI=1S/C8H10FN.C2H4/c9-8-3-1-7(2-4-8)5-6-10;1-2/h1-4H,5-6,10H2;1-2H2. The van der Waals surface area contributed by atoms with Crippen LogP contribution in [-0.2, 0) is 6.42 Å². The van der Waals surface area contributed by atoms with Gasteiger partial charge in [0.1, 0.15) is 5.82 Å². The van der Waals surface area contributed by atoms with E-state index in [-0.39, 0.29) is 5.82 Å². The summed E-state index contributed by atoms with van der Waals surface area (Å²) >= 11 is 0. The van der Waals surface area contributed by atoms with E-state index in [0.717, 1.165) is 12.0 Å². The monoisotopic (exact) mass is 167 g/mol. The highest BCUT2D eigenvalue weighted by Gasteiger charge is 1.90. The molecule has 0 amide bonds. The second-order valence-electron chi connectivity index (χ2n) is 2.17. The van der Waals surface area contributed by atoms with E-state index in [0.29, 0.717) is 6.54 Å². The Bertz CT molecular complexity index is 206. The lowest BCUT2D eigenvalue weighted by Gasteiger charge is -1.95. The Morgan fingerprint density at radius 3 is 2.08 bits per heavy atom. The van der Waals surface area contributed by atoms with Crippen LogP contribution in [0.15, 0.2) is 37.4 Å². The minimum Gasteiger partial charge on any atom is -0.330 e. The van der Waals surface area contributed by atoms with E-state index in [1.165, 1.54) is 12.1 Å². The van der Waals surface area contributed by atoms with Gasteiger partial charge in [-0.2, -0.15) is 0 Å². The van der Waals surface area contributed by atoms with Crippen LogP contribution in [0.25, 0.3) is 0 Å². The predicted molar refractivity (Wildman–Crippen MR) is 50.4 cm³/mol. The first kappa shape index (κ1) is 10.8. The van der Waals surface area contributed by atoms with Crippen LogP contribution in [-0.4, -0.2) is 6.54 Å². The molecule has 0 aliphatic heterocycles. The van der Waals surface area contributed by atoms with Crippen LogP contribution in [0.5, 0.6) is 0 Å². The maximum absolute atomic E-state index is 12.3. The van der Waals surface area contributed by atoms with Crippen LogP contribution in [0.3, 0.4) is 0 Å². The zero-order chi connectivity index (χ0) is 9.40. The van der Waals surface area contributed by atoms with Gasteiger partial charge in [-0.15, -0.1) is 13.2 Å². The van der Waals surface area contributed by atoms with Gasteiger partial charge in [-0.05, 0) is 30.7 Å². The molecule has 0 unspecified atom stereocenters. The Morgan fingerprint density at radius 2 is 1.67 bits per heavy atom. The molecule has 0 heterocycles.